The fourth-order valence-corrected chi connectivity index (χ4v) is 6.85. The molecule has 1 aromatic heterocycles. The smallest absolute Gasteiger partial charge is 0.260 e. The maximum atomic E-state index is 13.7. The van der Waals surface area contributed by atoms with E-state index in [-0.39, 0.29) is 23.7 Å². The van der Waals surface area contributed by atoms with E-state index in [2.05, 4.69) is 19.2 Å². The van der Waals surface area contributed by atoms with Crippen molar-refractivity contribution in [2.75, 3.05) is 45.3 Å². The van der Waals surface area contributed by atoms with E-state index < -0.39 is 6.04 Å². The van der Waals surface area contributed by atoms with Crippen LogP contribution in [0, 0.1) is 5.41 Å². The first-order valence-corrected chi connectivity index (χ1v) is 15.6. The number of hydrogen-bond donors (Lipinski definition) is 1. The van der Waals surface area contributed by atoms with Crippen LogP contribution in [0.15, 0.2) is 58.9 Å². The molecule has 0 radical (unpaired) electrons. The van der Waals surface area contributed by atoms with Gasteiger partial charge in [-0.1, -0.05) is 61.5 Å². The third-order valence-electron chi connectivity index (χ3n) is 7.85. The molecule has 226 valence electrons. The molecule has 3 aliphatic rings. The number of aromatic nitrogens is 3. The Hall–Kier alpha value is -3.54. The standard InChI is InChI=1S/C31H34ClN5O5S/c1-31(2)15-22-27(23(38)16-31)28(37-29(33-22)34-30(35-37)43-18-20-6-4-5-7-21(20)32)19-8-9-24(25(14-19)40-3)42-17-26(39)36-10-12-41-13-11-36/h4-9,14,28H,10-13,15-18H2,1-3H3,(H,33,34,35). The average Bonchev–Trinajstić information content (AvgIpc) is 3.40. The monoisotopic (exact) mass is 623 g/mol. The molecule has 1 N–H and O–H groups in total. The predicted molar refractivity (Wildman–Crippen MR) is 164 cm³/mol. The third-order valence-corrected chi connectivity index (χ3v) is 9.10. The van der Waals surface area contributed by atoms with E-state index >= 15 is 0 Å². The molecule has 0 saturated carbocycles. The first-order valence-electron chi connectivity index (χ1n) is 14.2. The van der Waals surface area contributed by atoms with Gasteiger partial charge < -0.3 is 24.4 Å². The summed E-state index contributed by atoms with van der Waals surface area (Å²) < 4.78 is 18.7. The molecule has 3 aromatic rings. The average molecular weight is 624 g/mol. The lowest BCUT2D eigenvalue weighted by Gasteiger charge is -2.38. The van der Waals surface area contributed by atoms with Gasteiger partial charge in [0.05, 0.1) is 20.3 Å². The van der Waals surface area contributed by atoms with Gasteiger partial charge >= 0.3 is 0 Å². The number of anilines is 1. The highest BCUT2D eigenvalue weighted by Crippen LogP contribution is 2.46. The van der Waals surface area contributed by atoms with Crippen LogP contribution in [0.1, 0.15) is 43.9 Å². The van der Waals surface area contributed by atoms with Crippen molar-refractivity contribution >= 4 is 41.0 Å². The molecular formula is C31H34ClN5O5S. The van der Waals surface area contributed by atoms with Crippen molar-refractivity contribution in [1.82, 2.24) is 19.7 Å². The van der Waals surface area contributed by atoms with Gasteiger partial charge in [0.2, 0.25) is 11.1 Å². The number of thioether (sulfide) groups is 1. The number of ether oxygens (including phenoxy) is 3. The zero-order valence-corrected chi connectivity index (χ0v) is 26.0. The fraction of sp³-hybridized carbons (Fsp3) is 0.419. The molecule has 0 spiro atoms. The highest BCUT2D eigenvalue weighted by molar-refractivity contribution is 7.98. The number of methoxy groups -OCH3 is 1. The van der Waals surface area contributed by atoms with Crippen LogP contribution in [-0.2, 0) is 20.1 Å². The number of morpholine rings is 1. The normalized spacial score (nSPS) is 19.4. The number of amides is 1. The van der Waals surface area contributed by atoms with E-state index in [0.717, 1.165) is 16.8 Å². The summed E-state index contributed by atoms with van der Waals surface area (Å²) in [6.07, 6.45) is 1.14. The molecule has 1 amide bonds. The molecule has 2 aromatic carbocycles. The number of allylic oxidation sites excluding steroid dienone is 2. The van der Waals surface area contributed by atoms with Gasteiger partial charge in [-0.25, -0.2) is 4.68 Å². The Morgan fingerprint density at radius 1 is 1.16 bits per heavy atom. The second-order valence-corrected chi connectivity index (χ2v) is 12.9. The Bertz CT molecular complexity index is 1580. The van der Waals surface area contributed by atoms with E-state index in [1.54, 1.807) is 22.8 Å². The van der Waals surface area contributed by atoms with Crippen LogP contribution in [0.25, 0.3) is 0 Å². The molecule has 43 heavy (non-hydrogen) atoms. The zero-order valence-electron chi connectivity index (χ0n) is 24.4. The van der Waals surface area contributed by atoms with Gasteiger partial charge in [0.15, 0.2) is 23.9 Å². The van der Waals surface area contributed by atoms with Crippen LogP contribution >= 0.6 is 23.4 Å². The van der Waals surface area contributed by atoms with Crippen LogP contribution in [0.2, 0.25) is 5.02 Å². The maximum absolute atomic E-state index is 13.7. The van der Waals surface area contributed by atoms with Gasteiger partial charge in [0, 0.05) is 41.6 Å². The van der Waals surface area contributed by atoms with Crippen LogP contribution in [0.4, 0.5) is 5.95 Å². The minimum atomic E-state index is -0.505. The maximum Gasteiger partial charge on any atom is 0.260 e. The quantitative estimate of drug-likeness (QED) is 0.342. The Labute approximate surface area is 259 Å². The number of benzene rings is 2. The highest BCUT2D eigenvalue weighted by atomic mass is 35.5. The molecule has 1 unspecified atom stereocenters. The number of nitrogens with zero attached hydrogens (tertiary/aromatic N) is 4. The van der Waals surface area contributed by atoms with Crippen LogP contribution in [-0.4, -0.2) is 71.4 Å². The van der Waals surface area contributed by atoms with Gasteiger partial charge in [0.25, 0.3) is 5.91 Å². The number of rotatable bonds is 8. The van der Waals surface area contributed by atoms with Crippen LogP contribution in [0.5, 0.6) is 11.5 Å². The molecule has 1 aliphatic carbocycles. The van der Waals surface area contributed by atoms with Gasteiger partial charge in [0.1, 0.15) is 6.04 Å². The molecule has 2 aliphatic heterocycles. The van der Waals surface area contributed by atoms with E-state index in [4.69, 9.17) is 35.9 Å². The Kier molecular flexibility index (Phi) is 8.39. The number of ketones is 1. The summed E-state index contributed by atoms with van der Waals surface area (Å²) >= 11 is 7.86. The van der Waals surface area contributed by atoms with E-state index in [0.29, 0.717) is 78.1 Å². The first kappa shape index (κ1) is 29.5. The van der Waals surface area contributed by atoms with Gasteiger partial charge in [-0.05, 0) is 41.2 Å². The lowest BCUT2D eigenvalue weighted by Crippen LogP contribution is -2.43. The highest BCUT2D eigenvalue weighted by Gasteiger charge is 2.42. The van der Waals surface area contributed by atoms with Crippen molar-refractivity contribution < 1.29 is 23.8 Å². The number of carbonyl (C=O) groups is 2. The second-order valence-electron chi connectivity index (χ2n) is 11.6. The van der Waals surface area contributed by atoms with Crippen molar-refractivity contribution in [3.63, 3.8) is 0 Å². The minimum absolute atomic E-state index is 0.0746. The lowest BCUT2D eigenvalue weighted by atomic mass is 9.73. The van der Waals surface area contributed by atoms with E-state index in [1.165, 1.54) is 11.8 Å². The Morgan fingerprint density at radius 3 is 2.72 bits per heavy atom. The molecule has 3 heterocycles. The Balaban J connectivity index is 1.30. The number of Topliss-reactive ketones (excluding diaryl/α,β-unsaturated/α-hetero) is 1. The first-order chi connectivity index (χ1) is 20.7. The van der Waals surface area contributed by atoms with Crippen LogP contribution in [0.3, 0.4) is 0 Å². The van der Waals surface area contributed by atoms with Gasteiger partial charge in [-0.2, -0.15) is 4.98 Å². The van der Waals surface area contributed by atoms with Crippen molar-refractivity contribution in [2.45, 2.75) is 43.6 Å². The van der Waals surface area contributed by atoms with Crippen molar-refractivity contribution in [3.8, 4) is 11.5 Å². The second kappa shape index (κ2) is 12.2. The molecule has 1 atom stereocenters. The third kappa shape index (κ3) is 6.25. The summed E-state index contributed by atoms with van der Waals surface area (Å²) in [6.45, 7) is 6.25. The van der Waals surface area contributed by atoms with Crippen molar-refractivity contribution in [1.29, 1.82) is 0 Å². The lowest BCUT2D eigenvalue weighted by molar-refractivity contribution is -0.137. The largest absolute Gasteiger partial charge is 0.493 e. The zero-order chi connectivity index (χ0) is 30.1. The molecule has 1 saturated heterocycles. The molecular weight excluding hydrogens is 590 g/mol. The molecule has 0 bridgehead atoms. The number of fused-ring (bicyclic) bond motifs is 1. The van der Waals surface area contributed by atoms with Crippen LogP contribution < -0.4 is 14.8 Å². The number of carbonyl (C=O) groups excluding carboxylic acids is 2. The summed E-state index contributed by atoms with van der Waals surface area (Å²) in [4.78, 5) is 32.8. The minimum Gasteiger partial charge on any atom is -0.493 e. The summed E-state index contributed by atoms with van der Waals surface area (Å²) in [5.74, 6) is 2.06. The topological polar surface area (TPSA) is 108 Å². The number of hydrogen-bond acceptors (Lipinski definition) is 9. The number of halogens is 1. The summed E-state index contributed by atoms with van der Waals surface area (Å²) in [5.41, 5.74) is 3.16. The van der Waals surface area contributed by atoms with Crippen molar-refractivity contribution in [2.24, 2.45) is 5.41 Å². The molecule has 1 fully saturated rings. The van der Waals surface area contributed by atoms with E-state index in [9.17, 15) is 9.59 Å². The fourth-order valence-electron chi connectivity index (χ4n) is 5.73. The van der Waals surface area contributed by atoms with Gasteiger partial charge in [-0.3, -0.25) is 9.59 Å². The Morgan fingerprint density at radius 2 is 1.95 bits per heavy atom. The summed E-state index contributed by atoms with van der Waals surface area (Å²) in [7, 11) is 1.56. The molecule has 10 nitrogen and oxygen atoms in total. The van der Waals surface area contributed by atoms with E-state index in [1.807, 2.05) is 36.4 Å². The van der Waals surface area contributed by atoms with Gasteiger partial charge in [-0.15, -0.1) is 5.10 Å². The number of nitrogens with one attached hydrogen (secondary N) is 1. The predicted octanol–water partition coefficient (Wildman–Crippen LogP) is 5.13. The molecule has 12 heteroatoms. The molecule has 6 rings (SSSR count). The van der Waals surface area contributed by atoms with Crippen molar-refractivity contribution in [3.05, 3.63) is 69.9 Å². The summed E-state index contributed by atoms with van der Waals surface area (Å²) in [6, 6.07) is 12.7. The summed E-state index contributed by atoms with van der Waals surface area (Å²) in [5, 5.41) is 9.54. The SMILES string of the molecule is COc1cc(C2C3=C(CC(C)(C)CC3=O)Nc3nc(SCc4ccccc4Cl)nn32)ccc1OCC(=O)N1CCOCC1.